The standard InChI is InChI=1S/C26H29N3O5/c1-17(23-15-21(32-4)11-13-24(23)33-5)27-25(30)16-34-26(31)14-12-22-18(2)28-29(19(22)3)20-9-7-6-8-10-20/h6-15,17H,16H2,1-5H3,(H,27,30)/b14-12+. The second-order valence-electron chi connectivity index (χ2n) is 7.67. The molecule has 0 bridgehead atoms. The first-order chi connectivity index (χ1) is 16.3. The van der Waals surface area contributed by atoms with Crippen LogP contribution in [0, 0.1) is 13.8 Å². The minimum Gasteiger partial charge on any atom is -0.497 e. The molecular weight excluding hydrogens is 434 g/mol. The summed E-state index contributed by atoms with van der Waals surface area (Å²) in [7, 11) is 3.12. The molecule has 8 heteroatoms. The lowest BCUT2D eigenvalue weighted by Crippen LogP contribution is -2.31. The Morgan fingerprint density at radius 1 is 1.09 bits per heavy atom. The summed E-state index contributed by atoms with van der Waals surface area (Å²) in [4.78, 5) is 24.5. The lowest BCUT2D eigenvalue weighted by atomic mass is 10.1. The largest absolute Gasteiger partial charge is 0.497 e. The fraction of sp³-hybridized carbons (Fsp3) is 0.269. The second kappa shape index (κ2) is 11.2. The molecule has 3 aromatic rings. The Balaban J connectivity index is 1.58. The van der Waals surface area contributed by atoms with E-state index in [4.69, 9.17) is 14.2 Å². The van der Waals surface area contributed by atoms with E-state index >= 15 is 0 Å². The van der Waals surface area contributed by atoms with Gasteiger partial charge in [-0.3, -0.25) is 4.79 Å². The average molecular weight is 464 g/mol. The van der Waals surface area contributed by atoms with E-state index in [1.807, 2.05) is 55.8 Å². The SMILES string of the molecule is COc1ccc(OC)c(C(C)NC(=O)COC(=O)/C=C/c2c(C)nn(-c3ccccc3)c2C)c1. The van der Waals surface area contributed by atoms with E-state index in [9.17, 15) is 9.59 Å². The molecule has 178 valence electrons. The van der Waals surface area contributed by atoms with E-state index in [-0.39, 0.29) is 6.04 Å². The number of aryl methyl sites for hydroxylation is 1. The number of hydrogen-bond acceptors (Lipinski definition) is 6. The number of esters is 1. The molecule has 1 atom stereocenters. The molecule has 1 amide bonds. The molecule has 0 radical (unpaired) electrons. The number of hydrogen-bond donors (Lipinski definition) is 1. The Bertz CT molecular complexity index is 1180. The van der Waals surface area contributed by atoms with E-state index in [2.05, 4.69) is 10.4 Å². The molecule has 3 rings (SSSR count). The van der Waals surface area contributed by atoms with Crippen LogP contribution in [0.25, 0.3) is 11.8 Å². The third-order valence-electron chi connectivity index (χ3n) is 5.36. The van der Waals surface area contributed by atoms with Crippen molar-refractivity contribution in [2.45, 2.75) is 26.8 Å². The maximum atomic E-state index is 12.3. The average Bonchev–Trinajstić information content (AvgIpc) is 3.14. The Morgan fingerprint density at radius 3 is 2.50 bits per heavy atom. The maximum absolute atomic E-state index is 12.3. The van der Waals surface area contributed by atoms with Gasteiger partial charge in [-0.2, -0.15) is 5.10 Å². The minimum absolute atomic E-state index is 0.374. The fourth-order valence-corrected chi connectivity index (χ4v) is 3.59. The van der Waals surface area contributed by atoms with Crippen LogP contribution in [0.4, 0.5) is 0 Å². The summed E-state index contributed by atoms with van der Waals surface area (Å²) in [5.74, 6) is 0.223. The van der Waals surface area contributed by atoms with Gasteiger partial charge in [-0.25, -0.2) is 9.48 Å². The molecule has 8 nitrogen and oxygen atoms in total. The van der Waals surface area contributed by atoms with Crippen molar-refractivity contribution >= 4 is 18.0 Å². The zero-order valence-electron chi connectivity index (χ0n) is 20.0. The lowest BCUT2D eigenvalue weighted by Gasteiger charge is -2.18. The number of carbonyl (C=O) groups is 2. The van der Waals surface area contributed by atoms with Crippen molar-refractivity contribution in [3.05, 3.63) is 77.1 Å². The summed E-state index contributed by atoms with van der Waals surface area (Å²) >= 11 is 0. The number of aromatic nitrogens is 2. The van der Waals surface area contributed by atoms with Crippen LogP contribution in [-0.4, -0.2) is 42.5 Å². The first-order valence-corrected chi connectivity index (χ1v) is 10.8. The zero-order chi connectivity index (χ0) is 24.7. The van der Waals surface area contributed by atoms with Gasteiger partial charge in [-0.05, 0) is 57.2 Å². The third kappa shape index (κ3) is 5.83. The summed E-state index contributed by atoms with van der Waals surface area (Å²) in [6, 6.07) is 14.7. The highest BCUT2D eigenvalue weighted by atomic mass is 16.5. The van der Waals surface area contributed by atoms with Crippen LogP contribution >= 0.6 is 0 Å². The van der Waals surface area contributed by atoms with Crippen LogP contribution in [0.2, 0.25) is 0 Å². The summed E-state index contributed by atoms with van der Waals surface area (Å²) in [5.41, 5.74) is 4.19. The first kappa shape index (κ1) is 24.6. The van der Waals surface area contributed by atoms with Gasteiger partial charge in [0.05, 0.1) is 31.6 Å². The van der Waals surface area contributed by atoms with Gasteiger partial charge in [-0.15, -0.1) is 0 Å². The Labute approximate surface area is 199 Å². The molecule has 1 N–H and O–H groups in total. The molecule has 0 aliphatic carbocycles. The van der Waals surface area contributed by atoms with Crippen molar-refractivity contribution in [3.8, 4) is 17.2 Å². The van der Waals surface area contributed by atoms with Gasteiger partial charge in [0.1, 0.15) is 11.5 Å². The van der Waals surface area contributed by atoms with Crippen LogP contribution in [0.15, 0.2) is 54.6 Å². The molecule has 1 heterocycles. The predicted molar refractivity (Wildman–Crippen MR) is 129 cm³/mol. The van der Waals surface area contributed by atoms with Crippen molar-refractivity contribution in [3.63, 3.8) is 0 Å². The predicted octanol–water partition coefficient (Wildman–Crippen LogP) is 3.94. The molecular formula is C26H29N3O5. The fourth-order valence-electron chi connectivity index (χ4n) is 3.59. The van der Waals surface area contributed by atoms with E-state index < -0.39 is 18.5 Å². The molecule has 0 aliphatic heterocycles. The van der Waals surface area contributed by atoms with Gasteiger partial charge >= 0.3 is 5.97 Å². The van der Waals surface area contributed by atoms with Crippen LogP contribution in [0.5, 0.6) is 11.5 Å². The van der Waals surface area contributed by atoms with Crippen molar-refractivity contribution in [1.82, 2.24) is 15.1 Å². The molecule has 0 fully saturated rings. The molecule has 2 aromatic carbocycles. The molecule has 1 aromatic heterocycles. The Hall–Kier alpha value is -4.07. The number of ether oxygens (including phenoxy) is 3. The second-order valence-corrected chi connectivity index (χ2v) is 7.67. The van der Waals surface area contributed by atoms with Crippen molar-refractivity contribution in [2.24, 2.45) is 0 Å². The molecule has 0 spiro atoms. The molecule has 0 saturated carbocycles. The number of rotatable bonds is 9. The van der Waals surface area contributed by atoms with E-state index in [0.29, 0.717) is 11.5 Å². The van der Waals surface area contributed by atoms with Gasteiger partial charge in [0.2, 0.25) is 0 Å². The van der Waals surface area contributed by atoms with Crippen LogP contribution in [-0.2, 0) is 14.3 Å². The highest BCUT2D eigenvalue weighted by Crippen LogP contribution is 2.29. The van der Waals surface area contributed by atoms with Crippen molar-refractivity contribution in [2.75, 3.05) is 20.8 Å². The number of carbonyl (C=O) groups excluding carboxylic acids is 2. The number of amides is 1. The monoisotopic (exact) mass is 463 g/mol. The number of benzene rings is 2. The number of para-hydroxylation sites is 1. The maximum Gasteiger partial charge on any atom is 0.331 e. The molecule has 0 saturated heterocycles. The third-order valence-corrected chi connectivity index (χ3v) is 5.36. The quantitative estimate of drug-likeness (QED) is 0.382. The highest BCUT2D eigenvalue weighted by molar-refractivity contribution is 5.89. The van der Waals surface area contributed by atoms with Gasteiger partial charge < -0.3 is 19.5 Å². The zero-order valence-corrected chi connectivity index (χ0v) is 20.0. The van der Waals surface area contributed by atoms with Crippen LogP contribution < -0.4 is 14.8 Å². The molecule has 34 heavy (non-hydrogen) atoms. The Morgan fingerprint density at radius 2 is 1.82 bits per heavy atom. The van der Waals surface area contributed by atoms with Gasteiger partial charge in [0.25, 0.3) is 5.91 Å². The summed E-state index contributed by atoms with van der Waals surface area (Å²) in [6.07, 6.45) is 2.95. The van der Waals surface area contributed by atoms with E-state index in [1.54, 1.807) is 38.5 Å². The molecule has 1 unspecified atom stereocenters. The highest BCUT2D eigenvalue weighted by Gasteiger charge is 2.16. The number of nitrogens with zero attached hydrogens (tertiary/aromatic N) is 2. The van der Waals surface area contributed by atoms with Crippen LogP contribution in [0.3, 0.4) is 0 Å². The number of nitrogens with one attached hydrogen (secondary N) is 1. The topological polar surface area (TPSA) is 91.7 Å². The molecule has 0 aliphatic rings. The first-order valence-electron chi connectivity index (χ1n) is 10.8. The normalized spacial score (nSPS) is 11.8. The number of methoxy groups -OCH3 is 2. The Kier molecular flexibility index (Phi) is 8.08. The lowest BCUT2D eigenvalue weighted by molar-refractivity contribution is -0.144. The van der Waals surface area contributed by atoms with E-state index in [1.165, 1.54) is 6.08 Å². The van der Waals surface area contributed by atoms with Gasteiger partial charge in [-0.1, -0.05) is 18.2 Å². The summed E-state index contributed by atoms with van der Waals surface area (Å²) in [6.45, 7) is 5.22. The van der Waals surface area contributed by atoms with Crippen molar-refractivity contribution in [1.29, 1.82) is 0 Å². The van der Waals surface area contributed by atoms with Crippen molar-refractivity contribution < 1.29 is 23.8 Å². The van der Waals surface area contributed by atoms with E-state index in [0.717, 1.165) is 28.2 Å². The smallest absolute Gasteiger partial charge is 0.331 e. The van der Waals surface area contributed by atoms with Gasteiger partial charge in [0.15, 0.2) is 6.61 Å². The van der Waals surface area contributed by atoms with Crippen LogP contribution in [0.1, 0.15) is 35.5 Å². The summed E-state index contributed by atoms with van der Waals surface area (Å²) in [5, 5.41) is 7.35. The van der Waals surface area contributed by atoms with Gasteiger partial charge in [0, 0.05) is 22.9 Å². The minimum atomic E-state index is -0.618. The summed E-state index contributed by atoms with van der Waals surface area (Å²) < 4.78 is 17.5.